The fourth-order valence-electron chi connectivity index (χ4n) is 1.75. The molecule has 15 heavy (non-hydrogen) atoms. The van der Waals surface area contributed by atoms with E-state index in [1.165, 1.54) is 10.6 Å². The van der Waals surface area contributed by atoms with Gasteiger partial charge < -0.3 is 10.3 Å². The van der Waals surface area contributed by atoms with Crippen LogP contribution < -0.4 is 11.3 Å². The predicted octanol–water partition coefficient (Wildman–Crippen LogP) is -0.525. The van der Waals surface area contributed by atoms with Gasteiger partial charge in [0.25, 0.3) is 5.56 Å². The van der Waals surface area contributed by atoms with E-state index in [2.05, 4.69) is 0 Å². The van der Waals surface area contributed by atoms with Gasteiger partial charge in [-0.2, -0.15) is 0 Å². The molecule has 2 N–H and O–H groups in total. The quantitative estimate of drug-likeness (QED) is 0.738. The Labute approximate surface area is 87.4 Å². The summed E-state index contributed by atoms with van der Waals surface area (Å²) in [5, 5.41) is 0. The molecule has 0 aromatic carbocycles. The van der Waals surface area contributed by atoms with Gasteiger partial charge in [0.1, 0.15) is 0 Å². The number of nitrogen functional groups attached to an aromatic ring is 1. The van der Waals surface area contributed by atoms with E-state index < -0.39 is 9.84 Å². The smallest absolute Gasteiger partial charge is 0.273 e. The third kappa shape index (κ3) is 2.04. The zero-order chi connectivity index (χ0) is 11.1. The van der Waals surface area contributed by atoms with Crippen LogP contribution in [0.25, 0.3) is 0 Å². The molecule has 2 heterocycles. The van der Waals surface area contributed by atoms with Crippen LogP contribution in [0.15, 0.2) is 23.1 Å². The summed E-state index contributed by atoms with van der Waals surface area (Å²) in [5.41, 5.74) is 5.40. The third-order valence-electron chi connectivity index (χ3n) is 2.48. The SMILES string of the molecule is Nc1cccn(CC2CS(=O)(=O)C2)c1=O. The van der Waals surface area contributed by atoms with E-state index in [4.69, 9.17) is 5.73 Å². The summed E-state index contributed by atoms with van der Waals surface area (Å²) < 4.78 is 23.3. The van der Waals surface area contributed by atoms with E-state index in [0.29, 0.717) is 6.54 Å². The number of sulfone groups is 1. The lowest BCUT2D eigenvalue weighted by Gasteiger charge is -2.26. The summed E-state index contributed by atoms with van der Waals surface area (Å²) in [5.74, 6) is 0.400. The molecule has 0 amide bonds. The molecule has 0 atom stereocenters. The zero-order valence-electron chi connectivity index (χ0n) is 8.09. The van der Waals surface area contributed by atoms with Crippen molar-refractivity contribution in [2.75, 3.05) is 17.2 Å². The average Bonchev–Trinajstić information content (AvgIpc) is 2.10. The number of nitrogens with two attached hydrogens (primary N) is 1. The van der Waals surface area contributed by atoms with Gasteiger partial charge in [0.05, 0.1) is 17.2 Å². The molecule has 0 spiro atoms. The lowest BCUT2D eigenvalue weighted by molar-refractivity contribution is 0.460. The maximum absolute atomic E-state index is 11.5. The maximum Gasteiger partial charge on any atom is 0.273 e. The van der Waals surface area contributed by atoms with Gasteiger partial charge in [-0.3, -0.25) is 4.79 Å². The highest BCUT2D eigenvalue weighted by atomic mass is 32.2. The fourth-order valence-corrected chi connectivity index (χ4v) is 3.30. The number of pyridine rings is 1. The van der Waals surface area contributed by atoms with Gasteiger partial charge in [-0.05, 0) is 12.1 Å². The number of rotatable bonds is 2. The van der Waals surface area contributed by atoms with Crippen molar-refractivity contribution in [1.29, 1.82) is 0 Å². The second-order valence-corrected chi connectivity index (χ2v) is 6.02. The molecule has 1 aliphatic rings. The van der Waals surface area contributed by atoms with Crippen LogP contribution in [0.4, 0.5) is 5.69 Å². The second-order valence-electron chi connectivity index (χ2n) is 3.86. The third-order valence-corrected chi connectivity index (χ3v) is 4.44. The topological polar surface area (TPSA) is 82.2 Å². The van der Waals surface area contributed by atoms with E-state index in [1.54, 1.807) is 12.3 Å². The van der Waals surface area contributed by atoms with Crippen LogP contribution >= 0.6 is 0 Å². The monoisotopic (exact) mass is 228 g/mol. The van der Waals surface area contributed by atoms with Crippen molar-refractivity contribution in [1.82, 2.24) is 4.57 Å². The number of nitrogens with zero attached hydrogens (tertiary/aromatic N) is 1. The van der Waals surface area contributed by atoms with Crippen molar-refractivity contribution in [2.24, 2.45) is 5.92 Å². The van der Waals surface area contributed by atoms with Gasteiger partial charge in [-0.25, -0.2) is 8.42 Å². The summed E-state index contributed by atoms with van der Waals surface area (Å²) >= 11 is 0. The first-order valence-corrected chi connectivity index (χ1v) is 6.45. The molecule has 5 nitrogen and oxygen atoms in total. The first-order valence-electron chi connectivity index (χ1n) is 4.63. The Bertz CT molecular complexity index is 521. The van der Waals surface area contributed by atoms with E-state index in [-0.39, 0.29) is 28.7 Å². The van der Waals surface area contributed by atoms with Crippen molar-refractivity contribution in [3.8, 4) is 0 Å². The molecule has 1 aliphatic heterocycles. The van der Waals surface area contributed by atoms with E-state index in [9.17, 15) is 13.2 Å². The minimum atomic E-state index is -2.82. The van der Waals surface area contributed by atoms with Crippen molar-refractivity contribution < 1.29 is 8.42 Å². The summed E-state index contributed by atoms with van der Waals surface area (Å²) in [4.78, 5) is 11.5. The van der Waals surface area contributed by atoms with Crippen molar-refractivity contribution in [2.45, 2.75) is 6.54 Å². The maximum atomic E-state index is 11.5. The normalized spacial score (nSPS) is 19.7. The molecule has 0 aliphatic carbocycles. The standard InChI is InChI=1S/C9H12N2O3S/c10-8-2-1-3-11(9(8)12)4-7-5-15(13,14)6-7/h1-3,7H,4-6,10H2. The number of hydrogen-bond acceptors (Lipinski definition) is 4. The highest BCUT2D eigenvalue weighted by Crippen LogP contribution is 2.19. The van der Waals surface area contributed by atoms with Crippen LogP contribution in [0.3, 0.4) is 0 Å². The number of anilines is 1. The Morgan fingerprint density at radius 2 is 2.13 bits per heavy atom. The molecule has 1 fully saturated rings. The average molecular weight is 228 g/mol. The van der Waals surface area contributed by atoms with Gasteiger partial charge in [-0.15, -0.1) is 0 Å². The Balaban J connectivity index is 2.13. The molecule has 0 bridgehead atoms. The molecular formula is C9H12N2O3S. The zero-order valence-corrected chi connectivity index (χ0v) is 8.90. The molecule has 0 unspecified atom stereocenters. The van der Waals surface area contributed by atoms with Crippen molar-refractivity contribution >= 4 is 15.5 Å². The molecule has 2 rings (SSSR count). The van der Waals surface area contributed by atoms with Crippen molar-refractivity contribution in [3.05, 3.63) is 28.7 Å². The highest BCUT2D eigenvalue weighted by Gasteiger charge is 2.33. The molecule has 0 saturated carbocycles. The highest BCUT2D eigenvalue weighted by molar-refractivity contribution is 7.92. The Kier molecular flexibility index (Phi) is 2.30. The lowest BCUT2D eigenvalue weighted by Crippen LogP contribution is -2.40. The Hall–Kier alpha value is -1.30. The number of hydrogen-bond donors (Lipinski definition) is 1. The summed E-state index contributed by atoms with van der Waals surface area (Å²) in [6.45, 7) is 0.434. The molecular weight excluding hydrogens is 216 g/mol. The van der Waals surface area contributed by atoms with Crippen LogP contribution in [-0.2, 0) is 16.4 Å². The predicted molar refractivity (Wildman–Crippen MR) is 57.3 cm³/mol. The molecule has 82 valence electrons. The second kappa shape index (κ2) is 3.37. The largest absolute Gasteiger partial charge is 0.394 e. The fraction of sp³-hybridized carbons (Fsp3) is 0.444. The molecule has 1 aromatic rings. The first kappa shape index (κ1) is 10.2. The van der Waals surface area contributed by atoms with E-state index >= 15 is 0 Å². The van der Waals surface area contributed by atoms with Crippen LogP contribution in [0, 0.1) is 5.92 Å². The molecule has 6 heteroatoms. The van der Waals surface area contributed by atoms with E-state index in [0.717, 1.165) is 0 Å². The van der Waals surface area contributed by atoms with Gasteiger partial charge in [0.15, 0.2) is 9.84 Å². The molecule has 0 radical (unpaired) electrons. The summed E-state index contributed by atoms with van der Waals surface area (Å²) in [7, 11) is -2.82. The molecule has 1 saturated heterocycles. The summed E-state index contributed by atoms with van der Waals surface area (Å²) in [6, 6.07) is 3.22. The van der Waals surface area contributed by atoms with Gasteiger partial charge in [-0.1, -0.05) is 0 Å². The molecule has 1 aromatic heterocycles. The van der Waals surface area contributed by atoms with Gasteiger partial charge in [0, 0.05) is 18.7 Å². The van der Waals surface area contributed by atoms with Crippen molar-refractivity contribution in [3.63, 3.8) is 0 Å². The Morgan fingerprint density at radius 1 is 1.47 bits per heavy atom. The first-order chi connectivity index (χ1) is 6.98. The lowest BCUT2D eigenvalue weighted by atomic mass is 10.2. The van der Waals surface area contributed by atoms with Crippen LogP contribution in [0.5, 0.6) is 0 Å². The van der Waals surface area contributed by atoms with Crippen LogP contribution in [-0.4, -0.2) is 24.5 Å². The minimum absolute atomic E-state index is 0.0505. The Morgan fingerprint density at radius 3 is 2.73 bits per heavy atom. The van der Waals surface area contributed by atoms with Crippen LogP contribution in [0.1, 0.15) is 0 Å². The minimum Gasteiger partial charge on any atom is -0.394 e. The van der Waals surface area contributed by atoms with Gasteiger partial charge >= 0.3 is 0 Å². The summed E-state index contributed by atoms with van der Waals surface area (Å²) in [6.07, 6.45) is 1.63. The van der Waals surface area contributed by atoms with Gasteiger partial charge in [0.2, 0.25) is 0 Å². The van der Waals surface area contributed by atoms with E-state index in [1.807, 2.05) is 0 Å². The number of aromatic nitrogens is 1. The van der Waals surface area contributed by atoms with Crippen LogP contribution in [0.2, 0.25) is 0 Å².